The van der Waals surface area contributed by atoms with E-state index < -0.39 is 11.2 Å². The van der Waals surface area contributed by atoms with E-state index in [1.165, 1.54) is 6.07 Å². The normalized spacial score (nSPS) is 16.4. The maximum Gasteiger partial charge on any atom is 0.337 e. The highest BCUT2D eigenvalue weighted by Gasteiger charge is 2.19. The molecule has 1 saturated carbocycles. The molecular weight excluding hydrogens is 422 g/mol. The van der Waals surface area contributed by atoms with Crippen molar-refractivity contribution in [3.63, 3.8) is 0 Å². The van der Waals surface area contributed by atoms with E-state index in [1.54, 1.807) is 0 Å². The van der Waals surface area contributed by atoms with E-state index in [2.05, 4.69) is 35.9 Å². The lowest BCUT2D eigenvalue weighted by atomic mass is 9.84. The lowest BCUT2D eigenvalue weighted by Crippen LogP contribution is -2.17. The van der Waals surface area contributed by atoms with Crippen molar-refractivity contribution in [3.05, 3.63) is 32.4 Å². The number of aryl methyl sites for hydroxylation is 1. The lowest BCUT2D eigenvalue weighted by molar-refractivity contribution is -0.119. The molecule has 0 atom stereocenters. The summed E-state index contributed by atoms with van der Waals surface area (Å²) in [5.74, 6) is 1.34. The Kier molecular flexibility index (Phi) is 8.97. The number of ketones is 1. The molecule has 8 heteroatoms. The first-order valence-electron chi connectivity index (χ1n) is 12.2. The third-order valence-electron chi connectivity index (χ3n) is 6.25. The molecule has 0 aliphatic heterocycles. The molecule has 1 aliphatic rings. The van der Waals surface area contributed by atoms with Gasteiger partial charge in [0.25, 0.3) is 5.56 Å². The second-order valence-electron chi connectivity index (χ2n) is 9.45. The predicted molar refractivity (Wildman–Crippen MR) is 128 cm³/mol. The van der Waals surface area contributed by atoms with Gasteiger partial charge in [0.2, 0.25) is 5.71 Å². The van der Waals surface area contributed by atoms with Crippen molar-refractivity contribution in [1.82, 2.24) is 9.97 Å². The van der Waals surface area contributed by atoms with Crippen LogP contribution in [0.25, 0.3) is 11.1 Å². The Morgan fingerprint density at radius 2 is 2.03 bits per heavy atom. The van der Waals surface area contributed by atoms with E-state index in [-0.39, 0.29) is 17.1 Å². The summed E-state index contributed by atoms with van der Waals surface area (Å²) in [6.45, 7) is 6.27. The fourth-order valence-electron chi connectivity index (χ4n) is 4.18. The molecule has 180 valence electrons. The number of fused-ring (bicyclic) bond motifs is 1. The Labute approximate surface area is 193 Å². The largest absolute Gasteiger partial charge is 0.403 e. The molecule has 1 aliphatic carbocycles. The van der Waals surface area contributed by atoms with Crippen LogP contribution in [0.1, 0.15) is 90.5 Å². The molecule has 0 saturated heterocycles. The van der Waals surface area contributed by atoms with E-state index in [4.69, 9.17) is 9.25 Å². The zero-order valence-corrected chi connectivity index (χ0v) is 19.9. The lowest BCUT2D eigenvalue weighted by Gasteiger charge is -2.22. The Balaban J connectivity index is 1.61. The molecule has 0 spiro atoms. The number of rotatable bonds is 11. The molecule has 0 radical (unpaired) electrons. The van der Waals surface area contributed by atoms with E-state index in [1.807, 2.05) is 0 Å². The number of aromatic amines is 1. The molecule has 2 aromatic heterocycles. The van der Waals surface area contributed by atoms with Gasteiger partial charge in [0.05, 0.1) is 5.71 Å². The van der Waals surface area contributed by atoms with Crippen molar-refractivity contribution in [2.24, 2.45) is 17.0 Å². The van der Waals surface area contributed by atoms with Gasteiger partial charge in [-0.1, -0.05) is 32.3 Å². The standard InChI is InChI=1S/C25H35N3O5/c1-4-5-6-20(29)14-10-17-8-12-19(13-9-17)28-33-25-26-23(31)22-18(11-7-16(2)3)15-21(30)32-24(22)27-25/h15-17H,4-14H2,1-3H3,(H,26,27,31). The molecule has 0 amide bonds. The number of Topliss-reactive ketones (excluding diaryl/α,β-unsaturated/α-hetero) is 1. The van der Waals surface area contributed by atoms with Gasteiger partial charge < -0.3 is 9.25 Å². The number of hydrogen-bond acceptors (Lipinski definition) is 7. The van der Waals surface area contributed by atoms with Crippen molar-refractivity contribution < 1.29 is 14.0 Å². The van der Waals surface area contributed by atoms with Gasteiger partial charge in [-0.2, -0.15) is 4.98 Å². The van der Waals surface area contributed by atoms with Crippen LogP contribution in [-0.4, -0.2) is 21.5 Å². The number of nitrogens with zero attached hydrogens (tertiary/aromatic N) is 2. The minimum atomic E-state index is -0.539. The molecule has 1 fully saturated rings. The van der Waals surface area contributed by atoms with E-state index in [0.717, 1.165) is 57.1 Å². The Morgan fingerprint density at radius 1 is 1.27 bits per heavy atom. The summed E-state index contributed by atoms with van der Waals surface area (Å²) in [5.41, 5.74) is 0.556. The summed E-state index contributed by atoms with van der Waals surface area (Å²) in [4.78, 5) is 48.6. The first kappa shape index (κ1) is 24.9. The first-order chi connectivity index (χ1) is 15.9. The molecule has 33 heavy (non-hydrogen) atoms. The third kappa shape index (κ3) is 7.37. The van der Waals surface area contributed by atoms with Crippen LogP contribution in [0, 0.1) is 11.8 Å². The molecule has 1 N–H and O–H groups in total. The maximum atomic E-state index is 12.6. The average Bonchev–Trinajstić information content (AvgIpc) is 2.78. The zero-order chi connectivity index (χ0) is 23.8. The van der Waals surface area contributed by atoms with Crippen LogP contribution in [0.4, 0.5) is 0 Å². The molecule has 8 nitrogen and oxygen atoms in total. The molecule has 0 bridgehead atoms. The Morgan fingerprint density at radius 3 is 2.73 bits per heavy atom. The zero-order valence-electron chi connectivity index (χ0n) is 19.9. The minimum Gasteiger partial charge on any atom is -0.403 e. The summed E-state index contributed by atoms with van der Waals surface area (Å²) in [7, 11) is 0. The van der Waals surface area contributed by atoms with Gasteiger partial charge in [0, 0.05) is 18.9 Å². The van der Waals surface area contributed by atoms with Crippen molar-refractivity contribution in [1.29, 1.82) is 0 Å². The van der Waals surface area contributed by atoms with Gasteiger partial charge in [-0.05, 0) is 68.8 Å². The van der Waals surface area contributed by atoms with Crippen LogP contribution in [-0.2, 0) is 11.2 Å². The van der Waals surface area contributed by atoms with Crippen LogP contribution in [0.5, 0.6) is 6.01 Å². The summed E-state index contributed by atoms with van der Waals surface area (Å²) >= 11 is 0. The van der Waals surface area contributed by atoms with Gasteiger partial charge in [0.15, 0.2) is 0 Å². The van der Waals surface area contributed by atoms with Crippen molar-refractivity contribution >= 4 is 22.6 Å². The monoisotopic (exact) mass is 457 g/mol. The second kappa shape index (κ2) is 11.9. The fraction of sp³-hybridized carbons (Fsp3) is 0.640. The fourth-order valence-corrected chi connectivity index (χ4v) is 4.18. The SMILES string of the molecule is CCCCC(=O)CCC1CCC(=NOc2nc3oc(=O)cc(CCC(C)C)c3c(=O)[nH]2)CC1. The van der Waals surface area contributed by atoms with Crippen LogP contribution >= 0.6 is 0 Å². The van der Waals surface area contributed by atoms with E-state index in [0.29, 0.717) is 42.4 Å². The summed E-state index contributed by atoms with van der Waals surface area (Å²) in [6.07, 6.45) is 9.30. The van der Waals surface area contributed by atoms with E-state index >= 15 is 0 Å². The van der Waals surface area contributed by atoms with Gasteiger partial charge in [0.1, 0.15) is 11.2 Å². The highest BCUT2D eigenvalue weighted by molar-refractivity contribution is 5.84. The number of oxime groups is 1. The van der Waals surface area contributed by atoms with Crippen LogP contribution in [0.2, 0.25) is 0 Å². The van der Waals surface area contributed by atoms with Gasteiger partial charge in [-0.25, -0.2) is 4.79 Å². The third-order valence-corrected chi connectivity index (χ3v) is 6.25. The summed E-state index contributed by atoms with van der Waals surface area (Å²) < 4.78 is 5.16. The Bertz CT molecular complexity index is 1090. The first-order valence-corrected chi connectivity index (χ1v) is 12.2. The number of carbonyl (C=O) groups is 1. The molecule has 0 aromatic carbocycles. The topological polar surface area (TPSA) is 115 Å². The number of unbranched alkanes of at least 4 members (excludes halogenated alkanes) is 1. The van der Waals surface area contributed by atoms with Crippen LogP contribution in [0.15, 0.2) is 25.2 Å². The summed E-state index contributed by atoms with van der Waals surface area (Å²) in [5, 5.41) is 4.45. The van der Waals surface area contributed by atoms with E-state index in [9.17, 15) is 14.4 Å². The highest BCUT2D eigenvalue weighted by Crippen LogP contribution is 2.27. The number of hydrogen-bond donors (Lipinski definition) is 1. The average molecular weight is 458 g/mol. The van der Waals surface area contributed by atoms with Crippen molar-refractivity contribution in [2.45, 2.75) is 91.4 Å². The number of carbonyl (C=O) groups excluding carboxylic acids is 1. The van der Waals surface area contributed by atoms with Gasteiger partial charge in [-0.15, -0.1) is 0 Å². The minimum absolute atomic E-state index is 0.0309. The smallest absolute Gasteiger partial charge is 0.337 e. The number of H-pyrrole nitrogens is 1. The van der Waals surface area contributed by atoms with Gasteiger partial charge in [-0.3, -0.25) is 14.6 Å². The highest BCUT2D eigenvalue weighted by atomic mass is 16.6. The van der Waals surface area contributed by atoms with Crippen molar-refractivity contribution in [3.8, 4) is 6.01 Å². The molecular formula is C25H35N3O5. The second-order valence-corrected chi connectivity index (χ2v) is 9.45. The maximum absolute atomic E-state index is 12.6. The Hall–Kier alpha value is -2.77. The number of nitrogens with one attached hydrogen (secondary N) is 1. The van der Waals surface area contributed by atoms with Crippen LogP contribution in [0.3, 0.4) is 0 Å². The summed E-state index contributed by atoms with van der Waals surface area (Å²) in [6, 6.07) is 1.27. The molecule has 2 aromatic rings. The molecule has 2 heterocycles. The quantitative estimate of drug-likeness (QED) is 0.479. The molecule has 3 rings (SSSR count). The van der Waals surface area contributed by atoms with Crippen LogP contribution < -0.4 is 16.0 Å². The predicted octanol–water partition coefficient (Wildman–Crippen LogP) is 4.93. The molecule has 0 unspecified atom stereocenters. The number of aromatic nitrogens is 2. The van der Waals surface area contributed by atoms with Gasteiger partial charge >= 0.3 is 11.6 Å². The van der Waals surface area contributed by atoms with Crippen molar-refractivity contribution in [2.75, 3.05) is 0 Å².